The molecular weight excluding hydrogens is 455 g/mol. The number of rotatable bonds is 5. The molecule has 1 saturated heterocycles. The van der Waals surface area contributed by atoms with Crippen molar-refractivity contribution in [1.82, 2.24) is 14.5 Å². The van der Waals surface area contributed by atoms with E-state index in [1.807, 2.05) is 35.8 Å². The molecule has 0 saturated carbocycles. The van der Waals surface area contributed by atoms with Crippen molar-refractivity contribution in [2.45, 2.75) is 51.6 Å². The number of benzene rings is 2. The van der Waals surface area contributed by atoms with Gasteiger partial charge in [0.2, 0.25) is 11.9 Å². The van der Waals surface area contributed by atoms with E-state index in [1.165, 1.54) is 25.0 Å². The molecule has 0 bridgehead atoms. The number of amides is 1. The zero-order valence-electron chi connectivity index (χ0n) is 20.3. The summed E-state index contributed by atoms with van der Waals surface area (Å²) in [6, 6.07) is 14.6. The van der Waals surface area contributed by atoms with Crippen molar-refractivity contribution >= 4 is 28.4 Å². The number of primary amides is 1. The Morgan fingerprint density at radius 2 is 2.00 bits per heavy atom. The van der Waals surface area contributed by atoms with Crippen LogP contribution in [0.15, 0.2) is 48.5 Å². The van der Waals surface area contributed by atoms with Crippen molar-refractivity contribution < 1.29 is 9.18 Å². The summed E-state index contributed by atoms with van der Waals surface area (Å²) in [4.78, 5) is 24.6. The second-order valence-electron chi connectivity index (χ2n) is 9.76. The minimum atomic E-state index is -0.460. The number of fused-ring (bicyclic) bond motifs is 4. The van der Waals surface area contributed by atoms with E-state index in [-0.39, 0.29) is 5.82 Å². The van der Waals surface area contributed by atoms with E-state index in [0.29, 0.717) is 24.1 Å². The second-order valence-corrected chi connectivity index (χ2v) is 9.76. The van der Waals surface area contributed by atoms with E-state index < -0.39 is 5.91 Å². The highest BCUT2D eigenvalue weighted by molar-refractivity contribution is 6.06. The molecule has 3 N–H and O–H groups in total. The number of aryl methyl sites for hydroxylation is 1. The Morgan fingerprint density at radius 3 is 2.83 bits per heavy atom. The lowest BCUT2D eigenvalue weighted by molar-refractivity contribution is 0.100. The normalized spacial score (nSPS) is 17.1. The number of hydrogen-bond donors (Lipinski definition) is 2. The third-order valence-corrected chi connectivity index (χ3v) is 7.44. The molecule has 1 unspecified atom stereocenters. The van der Waals surface area contributed by atoms with Gasteiger partial charge in [0.25, 0.3) is 0 Å². The van der Waals surface area contributed by atoms with Crippen LogP contribution in [0.4, 0.5) is 16.0 Å². The predicted molar refractivity (Wildman–Crippen MR) is 139 cm³/mol. The Balaban J connectivity index is 1.49. The van der Waals surface area contributed by atoms with Gasteiger partial charge in [-0.15, -0.1) is 0 Å². The fraction of sp³-hybridized carbons (Fsp3) is 0.321. The van der Waals surface area contributed by atoms with Gasteiger partial charge < -0.3 is 16.0 Å². The van der Waals surface area contributed by atoms with Gasteiger partial charge in [-0.25, -0.2) is 4.39 Å². The van der Waals surface area contributed by atoms with E-state index in [4.69, 9.17) is 15.7 Å². The maximum absolute atomic E-state index is 13.8. The van der Waals surface area contributed by atoms with Crippen molar-refractivity contribution in [1.29, 1.82) is 0 Å². The molecule has 1 fully saturated rings. The van der Waals surface area contributed by atoms with E-state index in [0.717, 1.165) is 65.2 Å². The molecule has 4 aromatic rings. The molecule has 6 rings (SSSR count). The van der Waals surface area contributed by atoms with Crippen molar-refractivity contribution in [3.05, 3.63) is 76.7 Å². The Bertz CT molecular complexity index is 1480. The van der Waals surface area contributed by atoms with Crippen LogP contribution >= 0.6 is 0 Å². The minimum Gasteiger partial charge on any atom is -0.366 e. The van der Waals surface area contributed by atoms with Gasteiger partial charge in [-0.05, 0) is 74.9 Å². The first-order valence-electron chi connectivity index (χ1n) is 12.6. The van der Waals surface area contributed by atoms with Crippen LogP contribution in [0.25, 0.3) is 16.9 Å². The third kappa shape index (κ3) is 3.86. The summed E-state index contributed by atoms with van der Waals surface area (Å²) in [6.07, 6.45) is 5.56. The Hall–Kier alpha value is -3.94. The standard InChI is InChI=1S/C28H29FN6O/c1-17-14-23-21(25(30)36)9-5-10-24(23)35(17)28-32-26(31-16-18-6-4-7-19(29)15-18)22-12-11-20-8-2-3-13-34(20)27(22)33-28/h4-7,9-10,14-15,20H,2-3,8,11-13,16H2,1H3,(H2,30,36)(H,31,32,33). The van der Waals surface area contributed by atoms with Gasteiger partial charge in [-0.3, -0.25) is 9.36 Å². The number of nitrogens with one attached hydrogen (secondary N) is 1. The van der Waals surface area contributed by atoms with Crippen LogP contribution in [0.2, 0.25) is 0 Å². The Kier molecular flexibility index (Phi) is 5.59. The molecule has 1 amide bonds. The lowest BCUT2D eigenvalue weighted by Crippen LogP contribution is -2.44. The number of aromatic nitrogens is 3. The monoisotopic (exact) mass is 484 g/mol. The minimum absolute atomic E-state index is 0.254. The number of carbonyl (C=O) groups is 1. The highest BCUT2D eigenvalue weighted by atomic mass is 19.1. The molecule has 0 spiro atoms. The zero-order chi connectivity index (χ0) is 24.8. The summed E-state index contributed by atoms with van der Waals surface area (Å²) in [5.74, 6) is 1.59. The van der Waals surface area contributed by atoms with Crippen molar-refractivity contribution in [2.24, 2.45) is 5.73 Å². The molecule has 7 nitrogen and oxygen atoms in total. The Morgan fingerprint density at radius 1 is 1.14 bits per heavy atom. The van der Waals surface area contributed by atoms with Crippen LogP contribution in [0.1, 0.15) is 52.9 Å². The highest BCUT2D eigenvalue weighted by Gasteiger charge is 2.32. The van der Waals surface area contributed by atoms with E-state index >= 15 is 0 Å². The maximum atomic E-state index is 13.8. The van der Waals surface area contributed by atoms with Crippen LogP contribution < -0.4 is 16.0 Å². The smallest absolute Gasteiger partial charge is 0.249 e. The fourth-order valence-corrected chi connectivity index (χ4v) is 5.74. The molecule has 2 aromatic carbocycles. The molecule has 2 aliphatic rings. The highest BCUT2D eigenvalue weighted by Crippen LogP contribution is 2.38. The van der Waals surface area contributed by atoms with Crippen LogP contribution in [0.3, 0.4) is 0 Å². The zero-order valence-corrected chi connectivity index (χ0v) is 20.3. The van der Waals surface area contributed by atoms with Gasteiger partial charge in [-0.2, -0.15) is 9.97 Å². The topological polar surface area (TPSA) is 89.1 Å². The molecule has 36 heavy (non-hydrogen) atoms. The number of halogens is 1. The summed E-state index contributed by atoms with van der Waals surface area (Å²) in [7, 11) is 0. The number of hydrogen-bond acceptors (Lipinski definition) is 5. The molecule has 0 aliphatic carbocycles. The van der Waals surface area contributed by atoms with E-state index in [9.17, 15) is 9.18 Å². The first kappa shape index (κ1) is 22.5. The van der Waals surface area contributed by atoms with Crippen molar-refractivity contribution in [2.75, 3.05) is 16.8 Å². The lowest BCUT2D eigenvalue weighted by atomic mass is 9.91. The number of anilines is 2. The molecule has 2 aliphatic heterocycles. The van der Waals surface area contributed by atoms with Gasteiger partial charge in [-0.1, -0.05) is 18.2 Å². The van der Waals surface area contributed by atoms with Crippen LogP contribution in [0, 0.1) is 12.7 Å². The Labute approximate surface area is 209 Å². The van der Waals surface area contributed by atoms with Crippen LogP contribution in [-0.2, 0) is 13.0 Å². The molecule has 1 atom stereocenters. The van der Waals surface area contributed by atoms with Crippen LogP contribution in [0.5, 0.6) is 0 Å². The molecule has 2 aromatic heterocycles. The molecule has 4 heterocycles. The van der Waals surface area contributed by atoms with Crippen molar-refractivity contribution in [3.8, 4) is 5.95 Å². The van der Waals surface area contributed by atoms with Gasteiger partial charge >= 0.3 is 0 Å². The quantitative estimate of drug-likeness (QED) is 0.421. The first-order valence-corrected chi connectivity index (χ1v) is 12.6. The average molecular weight is 485 g/mol. The lowest BCUT2D eigenvalue weighted by Gasteiger charge is -2.41. The third-order valence-electron chi connectivity index (χ3n) is 7.44. The first-order chi connectivity index (χ1) is 17.5. The summed E-state index contributed by atoms with van der Waals surface area (Å²) < 4.78 is 15.8. The maximum Gasteiger partial charge on any atom is 0.249 e. The van der Waals surface area contributed by atoms with Gasteiger partial charge in [0, 0.05) is 41.3 Å². The SMILES string of the molecule is Cc1cc2c(C(N)=O)cccc2n1-c1nc(NCc2cccc(F)c2)c2c(n1)N1CCCCC1CC2. The van der Waals surface area contributed by atoms with Gasteiger partial charge in [0.15, 0.2) is 0 Å². The largest absolute Gasteiger partial charge is 0.366 e. The van der Waals surface area contributed by atoms with Gasteiger partial charge in [0.05, 0.1) is 5.52 Å². The number of piperidine rings is 1. The van der Waals surface area contributed by atoms with Crippen molar-refractivity contribution in [3.63, 3.8) is 0 Å². The summed E-state index contributed by atoms with van der Waals surface area (Å²) >= 11 is 0. The summed E-state index contributed by atoms with van der Waals surface area (Å²) in [5, 5.41) is 4.27. The average Bonchev–Trinajstić information content (AvgIpc) is 3.22. The summed E-state index contributed by atoms with van der Waals surface area (Å²) in [5.41, 5.74) is 9.85. The number of nitrogens with zero attached hydrogens (tertiary/aromatic N) is 4. The van der Waals surface area contributed by atoms with E-state index in [1.54, 1.807) is 12.1 Å². The molecule has 184 valence electrons. The second kappa shape index (κ2) is 8.93. The molecule has 0 radical (unpaired) electrons. The van der Waals surface area contributed by atoms with Gasteiger partial charge in [0.1, 0.15) is 17.5 Å². The van der Waals surface area contributed by atoms with E-state index in [2.05, 4.69) is 10.2 Å². The predicted octanol–water partition coefficient (Wildman–Crippen LogP) is 4.88. The number of nitrogens with two attached hydrogens (primary N) is 1. The summed E-state index contributed by atoms with van der Waals surface area (Å²) in [6.45, 7) is 3.42. The molecular formula is C28H29FN6O. The van der Waals surface area contributed by atoms with Crippen LogP contribution in [-0.4, -0.2) is 33.0 Å². The fourth-order valence-electron chi connectivity index (χ4n) is 5.74. The molecule has 8 heteroatoms. The number of carbonyl (C=O) groups excluding carboxylic acids is 1.